The van der Waals surface area contributed by atoms with Crippen molar-refractivity contribution in [2.45, 2.75) is 68.2 Å². The predicted octanol–water partition coefficient (Wildman–Crippen LogP) is 1.75. The summed E-state index contributed by atoms with van der Waals surface area (Å²) < 4.78 is 4.69. The van der Waals surface area contributed by atoms with Crippen LogP contribution in [0, 0.1) is 11.8 Å². The van der Waals surface area contributed by atoms with Gasteiger partial charge in [0.1, 0.15) is 6.04 Å². The van der Waals surface area contributed by atoms with Crippen LogP contribution < -0.4 is 0 Å². The first kappa shape index (κ1) is 22.4. The topological polar surface area (TPSA) is 87.2 Å². The van der Waals surface area contributed by atoms with E-state index in [9.17, 15) is 19.5 Å². The number of rotatable bonds is 4. The Kier molecular flexibility index (Phi) is 6.23. The lowest BCUT2D eigenvalue weighted by Crippen LogP contribution is -2.57. The maximum Gasteiger partial charge on any atom is 0.311 e. The van der Waals surface area contributed by atoms with Gasteiger partial charge in [0, 0.05) is 17.8 Å². The number of amides is 2. The lowest BCUT2D eigenvalue weighted by atomic mass is 9.78. The first-order valence-electron chi connectivity index (χ1n) is 11.3. The minimum Gasteiger partial charge on any atom is -0.465 e. The molecule has 0 aromatic carbocycles. The van der Waals surface area contributed by atoms with Gasteiger partial charge < -0.3 is 19.6 Å². The molecule has 4 aliphatic rings. The molecule has 31 heavy (non-hydrogen) atoms. The van der Waals surface area contributed by atoms with E-state index in [-0.39, 0.29) is 35.7 Å². The van der Waals surface area contributed by atoms with E-state index in [0.717, 1.165) is 12.8 Å². The first-order chi connectivity index (χ1) is 14.9. The molecule has 4 heterocycles. The van der Waals surface area contributed by atoms with Crippen LogP contribution >= 0.6 is 11.8 Å². The van der Waals surface area contributed by atoms with Gasteiger partial charge in [-0.3, -0.25) is 14.4 Å². The number of allylic oxidation sites excluding steroid dienone is 1. The largest absolute Gasteiger partial charge is 0.465 e. The molecule has 2 amide bonds. The smallest absolute Gasteiger partial charge is 0.311 e. The summed E-state index contributed by atoms with van der Waals surface area (Å²) in [5, 5.41) is 9.82. The summed E-state index contributed by atoms with van der Waals surface area (Å²) in [6, 6.07) is -1.23. The molecule has 0 aliphatic carbocycles. The fourth-order valence-electron chi connectivity index (χ4n) is 5.48. The molecule has 4 rings (SSSR count). The molecular formula is C23H32N2O5S. The van der Waals surface area contributed by atoms with Gasteiger partial charge in [0.15, 0.2) is 0 Å². The van der Waals surface area contributed by atoms with Crippen LogP contribution in [0.4, 0.5) is 0 Å². The second-order valence-electron chi connectivity index (χ2n) is 9.06. The Labute approximate surface area is 187 Å². The van der Waals surface area contributed by atoms with E-state index in [4.69, 9.17) is 4.74 Å². The molecule has 4 aliphatic heterocycles. The van der Waals surface area contributed by atoms with E-state index in [2.05, 4.69) is 6.08 Å². The number of carbonyl (C=O) groups excluding carboxylic acids is 3. The lowest BCUT2D eigenvalue weighted by Gasteiger charge is -2.39. The van der Waals surface area contributed by atoms with Crippen LogP contribution in [0.3, 0.4) is 0 Å². The van der Waals surface area contributed by atoms with E-state index in [1.165, 1.54) is 0 Å². The van der Waals surface area contributed by atoms with E-state index in [1.807, 2.05) is 39.0 Å². The molecular weight excluding hydrogens is 416 g/mol. The Bertz CT molecular complexity index is 808. The molecule has 1 spiro atoms. The van der Waals surface area contributed by atoms with Crippen LogP contribution in [0.1, 0.15) is 40.0 Å². The number of carbonyl (C=O) groups is 3. The van der Waals surface area contributed by atoms with Crippen molar-refractivity contribution in [2.75, 3.05) is 19.8 Å². The number of ether oxygens (including phenoxy) is 1. The third-order valence-corrected chi connectivity index (χ3v) is 8.76. The number of esters is 1. The molecule has 6 atom stereocenters. The molecule has 0 aromatic rings. The molecule has 170 valence electrons. The number of nitrogens with zero attached hydrogens (tertiary/aromatic N) is 2. The molecule has 8 heteroatoms. The highest BCUT2D eigenvalue weighted by molar-refractivity contribution is 8.02. The summed E-state index contributed by atoms with van der Waals surface area (Å²) in [7, 11) is 0. The molecule has 0 saturated carbocycles. The van der Waals surface area contributed by atoms with Crippen LogP contribution in [-0.4, -0.2) is 80.6 Å². The van der Waals surface area contributed by atoms with Crippen LogP contribution in [0.5, 0.6) is 0 Å². The third kappa shape index (κ3) is 3.42. The van der Waals surface area contributed by atoms with Crippen molar-refractivity contribution in [3.63, 3.8) is 0 Å². The minimum atomic E-state index is -0.849. The second-order valence-corrected chi connectivity index (χ2v) is 10.5. The van der Waals surface area contributed by atoms with Gasteiger partial charge in [-0.2, -0.15) is 0 Å². The molecule has 0 radical (unpaired) electrons. The zero-order chi connectivity index (χ0) is 22.3. The number of hydrogen-bond acceptors (Lipinski definition) is 6. The Morgan fingerprint density at radius 1 is 1.26 bits per heavy atom. The highest BCUT2D eigenvalue weighted by Crippen LogP contribution is 2.61. The van der Waals surface area contributed by atoms with Crippen molar-refractivity contribution in [1.82, 2.24) is 9.80 Å². The number of aliphatic hydroxyl groups is 1. The Morgan fingerprint density at radius 3 is 2.71 bits per heavy atom. The van der Waals surface area contributed by atoms with Gasteiger partial charge in [-0.1, -0.05) is 31.2 Å². The molecule has 1 unspecified atom stereocenters. The number of cyclic esters (lactones) is 1. The van der Waals surface area contributed by atoms with Crippen LogP contribution in [-0.2, 0) is 19.1 Å². The molecule has 1 N–H and O–H groups in total. The van der Waals surface area contributed by atoms with Gasteiger partial charge in [0.25, 0.3) is 0 Å². The average molecular weight is 449 g/mol. The number of likely N-dealkylation sites (tertiary alicyclic amines) is 1. The summed E-state index contributed by atoms with van der Waals surface area (Å²) in [6.45, 7) is 6.41. The first-order valence-corrected chi connectivity index (χ1v) is 12.2. The van der Waals surface area contributed by atoms with Gasteiger partial charge in [-0.05, 0) is 33.1 Å². The van der Waals surface area contributed by atoms with Crippen LogP contribution in [0.25, 0.3) is 0 Å². The average Bonchev–Trinajstić information content (AvgIpc) is 3.14. The number of hydrogen-bond donors (Lipinski definition) is 1. The SMILES string of the molecule is CC[C@@H](CO)N1C(=O)[C@@H]2[C@H]3C(=O)OCCC/C=C\[C@H]3S[C@@]23C=CCN(C(C)C)C(=O)C13. The van der Waals surface area contributed by atoms with Crippen molar-refractivity contribution in [3.8, 4) is 0 Å². The molecule has 0 aromatic heterocycles. The van der Waals surface area contributed by atoms with Crippen LogP contribution in [0.2, 0.25) is 0 Å². The summed E-state index contributed by atoms with van der Waals surface area (Å²) >= 11 is 1.54. The predicted molar refractivity (Wildman–Crippen MR) is 118 cm³/mol. The standard InChI is InChI=1S/C23H32N2O5S/c1-4-15(13-26)25-19-21(28)24(14(2)3)11-8-10-23(19)18(20(25)27)17-16(31-23)9-6-5-7-12-30-22(17)29/h6,8-10,14-19,26H,4-5,7,11-13H2,1-3H3/b9-6-/t15-,16+,17-,18-,19?,23-/m0/s1. The molecule has 7 nitrogen and oxygen atoms in total. The summed E-state index contributed by atoms with van der Waals surface area (Å²) in [5.41, 5.74) is 0. The fourth-order valence-corrected chi connectivity index (χ4v) is 7.47. The maximum absolute atomic E-state index is 13.9. The van der Waals surface area contributed by atoms with Gasteiger partial charge >= 0.3 is 5.97 Å². The highest BCUT2D eigenvalue weighted by Gasteiger charge is 2.71. The highest BCUT2D eigenvalue weighted by atomic mass is 32.2. The van der Waals surface area contributed by atoms with E-state index in [1.54, 1.807) is 21.6 Å². The van der Waals surface area contributed by atoms with Crippen molar-refractivity contribution < 1.29 is 24.2 Å². The monoisotopic (exact) mass is 448 g/mol. The number of thioether (sulfide) groups is 1. The normalized spacial score (nSPS) is 37.4. The van der Waals surface area contributed by atoms with Gasteiger partial charge in [-0.25, -0.2) is 0 Å². The lowest BCUT2D eigenvalue weighted by molar-refractivity contribution is -0.153. The van der Waals surface area contributed by atoms with Crippen molar-refractivity contribution in [1.29, 1.82) is 0 Å². The summed E-state index contributed by atoms with van der Waals surface area (Å²) in [6.07, 6.45) is 10.2. The molecule has 2 fully saturated rings. The third-order valence-electron chi connectivity index (χ3n) is 7.02. The van der Waals surface area contributed by atoms with E-state index in [0.29, 0.717) is 19.6 Å². The van der Waals surface area contributed by atoms with Crippen molar-refractivity contribution in [2.24, 2.45) is 11.8 Å². The van der Waals surface area contributed by atoms with E-state index < -0.39 is 28.7 Å². The molecule has 2 saturated heterocycles. The van der Waals surface area contributed by atoms with E-state index >= 15 is 0 Å². The summed E-state index contributed by atoms with van der Waals surface area (Å²) in [4.78, 5) is 44.2. The van der Waals surface area contributed by atoms with Crippen LogP contribution in [0.15, 0.2) is 24.3 Å². The minimum absolute atomic E-state index is 0.0223. The van der Waals surface area contributed by atoms with Crippen molar-refractivity contribution >= 4 is 29.5 Å². The summed E-state index contributed by atoms with van der Waals surface area (Å²) in [5.74, 6) is -2.02. The number of aliphatic hydroxyl groups excluding tert-OH is 1. The quantitative estimate of drug-likeness (QED) is 0.521. The Morgan fingerprint density at radius 2 is 2.03 bits per heavy atom. The Balaban J connectivity index is 1.87. The number of fused-ring (bicyclic) bond motifs is 2. The van der Waals surface area contributed by atoms with Gasteiger partial charge in [0.2, 0.25) is 11.8 Å². The zero-order valence-corrected chi connectivity index (χ0v) is 19.2. The second kappa shape index (κ2) is 8.62. The Hall–Kier alpha value is -1.80. The molecule has 0 bridgehead atoms. The maximum atomic E-state index is 13.9. The zero-order valence-electron chi connectivity index (χ0n) is 18.4. The van der Waals surface area contributed by atoms with Crippen molar-refractivity contribution in [3.05, 3.63) is 24.3 Å². The van der Waals surface area contributed by atoms with Gasteiger partial charge in [0.05, 0.1) is 35.8 Å². The fraction of sp³-hybridized carbons (Fsp3) is 0.696. The van der Waals surface area contributed by atoms with Gasteiger partial charge in [-0.15, -0.1) is 11.8 Å².